The monoisotopic (exact) mass is 126 g/mol. The van der Waals surface area contributed by atoms with Crippen LogP contribution >= 0.6 is 0 Å². The molecule has 0 aromatic rings. The van der Waals surface area contributed by atoms with Gasteiger partial charge < -0.3 is 5.32 Å². The standard InChI is InChI=1S/C7H12NO/c1-8-7(9)6-4-2-3-5-6/h2,6H,3-5H2,1H3,(H,8,9). The van der Waals surface area contributed by atoms with Gasteiger partial charge in [0, 0.05) is 13.0 Å². The van der Waals surface area contributed by atoms with E-state index in [9.17, 15) is 4.79 Å². The van der Waals surface area contributed by atoms with Crippen LogP contribution < -0.4 is 5.32 Å². The second kappa shape index (κ2) is 2.85. The van der Waals surface area contributed by atoms with Crippen molar-refractivity contribution in [1.29, 1.82) is 0 Å². The molecular weight excluding hydrogens is 114 g/mol. The summed E-state index contributed by atoms with van der Waals surface area (Å²) in [7, 11) is 1.70. The Hall–Kier alpha value is -0.530. The fourth-order valence-electron chi connectivity index (χ4n) is 1.20. The summed E-state index contributed by atoms with van der Waals surface area (Å²) < 4.78 is 0. The summed E-state index contributed by atoms with van der Waals surface area (Å²) in [5.41, 5.74) is 0. The molecule has 1 saturated carbocycles. The molecule has 0 aromatic heterocycles. The minimum Gasteiger partial charge on any atom is -0.359 e. The first kappa shape index (κ1) is 6.59. The molecule has 0 spiro atoms. The number of nitrogens with one attached hydrogen (secondary N) is 1. The first-order valence-electron chi connectivity index (χ1n) is 3.38. The van der Waals surface area contributed by atoms with Crippen LogP contribution in [0.2, 0.25) is 0 Å². The highest BCUT2D eigenvalue weighted by atomic mass is 16.1. The van der Waals surface area contributed by atoms with Crippen LogP contribution in [0.15, 0.2) is 0 Å². The lowest BCUT2D eigenvalue weighted by Gasteiger charge is -2.04. The Balaban J connectivity index is 2.32. The SMILES string of the molecule is CNC(=O)C1C[CH]CC1. The first-order chi connectivity index (χ1) is 4.34. The zero-order chi connectivity index (χ0) is 6.69. The smallest absolute Gasteiger partial charge is 0.222 e. The number of amides is 1. The highest BCUT2D eigenvalue weighted by Crippen LogP contribution is 2.23. The van der Waals surface area contributed by atoms with Gasteiger partial charge in [0.05, 0.1) is 0 Å². The zero-order valence-electron chi connectivity index (χ0n) is 5.68. The number of hydrogen-bond acceptors (Lipinski definition) is 1. The Labute approximate surface area is 55.6 Å². The Morgan fingerprint density at radius 1 is 1.78 bits per heavy atom. The average molecular weight is 126 g/mol. The molecule has 0 aliphatic heterocycles. The van der Waals surface area contributed by atoms with E-state index in [1.165, 1.54) is 0 Å². The van der Waals surface area contributed by atoms with Crippen molar-refractivity contribution in [3.63, 3.8) is 0 Å². The topological polar surface area (TPSA) is 29.1 Å². The summed E-state index contributed by atoms with van der Waals surface area (Å²) in [6.45, 7) is 0. The van der Waals surface area contributed by atoms with E-state index in [4.69, 9.17) is 0 Å². The predicted molar refractivity (Wildman–Crippen MR) is 35.7 cm³/mol. The van der Waals surface area contributed by atoms with E-state index in [0.29, 0.717) is 0 Å². The Bertz CT molecular complexity index is 105. The molecule has 2 nitrogen and oxygen atoms in total. The van der Waals surface area contributed by atoms with Gasteiger partial charge in [-0.25, -0.2) is 0 Å². The highest BCUT2D eigenvalue weighted by molar-refractivity contribution is 5.78. The Morgan fingerprint density at radius 3 is 3.00 bits per heavy atom. The van der Waals surface area contributed by atoms with Gasteiger partial charge in [-0.3, -0.25) is 4.79 Å². The predicted octanol–water partition coefficient (Wildman–Crippen LogP) is 0.737. The molecule has 9 heavy (non-hydrogen) atoms. The van der Waals surface area contributed by atoms with Crippen molar-refractivity contribution in [2.75, 3.05) is 7.05 Å². The Morgan fingerprint density at radius 2 is 2.56 bits per heavy atom. The molecule has 1 aliphatic rings. The van der Waals surface area contributed by atoms with E-state index in [1.54, 1.807) is 7.05 Å². The molecule has 51 valence electrons. The lowest BCUT2D eigenvalue weighted by Crippen LogP contribution is -2.25. The molecule has 1 radical (unpaired) electrons. The summed E-state index contributed by atoms with van der Waals surface area (Å²) in [5.74, 6) is 0.471. The minimum atomic E-state index is 0.198. The van der Waals surface area contributed by atoms with Crippen LogP contribution in [0.1, 0.15) is 19.3 Å². The van der Waals surface area contributed by atoms with Crippen LogP contribution in [0, 0.1) is 12.3 Å². The summed E-state index contributed by atoms with van der Waals surface area (Å²) in [6, 6.07) is 0. The van der Waals surface area contributed by atoms with Gasteiger partial charge in [-0.15, -0.1) is 0 Å². The van der Waals surface area contributed by atoms with Gasteiger partial charge in [-0.05, 0) is 25.7 Å². The number of hydrogen-bond donors (Lipinski definition) is 1. The van der Waals surface area contributed by atoms with Crippen molar-refractivity contribution in [3.05, 3.63) is 6.42 Å². The van der Waals surface area contributed by atoms with Crippen LogP contribution in [0.3, 0.4) is 0 Å². The maximum atomic E-state index is 10.9. The molecule has 0 saturated heterocycles. The van der Waals surface area contributed by atoms with Crippen LogP contribution in [-0.4, -0.2) is 13.0 Å². The fourth-order valence-corrected chi connectivity index (χ4v) is 1.20. The van der Waals surface area contributed by atoms with E-state index >= 15 is 0 Å². The van der Waals surface area contributed by atoms with Crippen molar-refractivity contribution < 1.29 is 4.79 Å². The largest absolute Gasteiger partial charge is 0.359 e. The minimum absolute atomic E-state index is 0.198. The third-order valence-corrected chi connectivity index (χ3v) is 1.79. The van der Waals surface area contributed by atoms with Gasteiger partial charge in [0.2, 0.25) is 5.91 Å². The quantitative estimate of drug-likeness (QED) is 0.551. The lowest BCUT2D eigenvalue weighted by molar-refractivity contribution is -0.124. The van der Waals surface area contributed by atoms with E-state index in [2.05, 4.69) is 11.7 Å². The molecule has 0 aromatic carbocycles. The Kier molecular flexibility index (Phi) is 2.09. The number of carbonyl (C=O) groups is 1. The van der Waals surface area contributed by atoms with Gasteiger partial charge in [0.15, 0.2) is 0 Å². The van der Waals surface area contributed by atoms with Gasteiger partial charge in [-0.2, -0.15) is 0 Å². The van der Waals surface area contributed by atoms with Crippen molar-refractivity contribution in [3.8, 4) is 0 Å². The van der Waals surface area contributed by atoms with Gasteiger partial charge >= 0.3 is 0 Å². The van der Waals surface area contributed by atoms with Crippen molar-refractivity contribution >= 4 is 5.91 Å². The molecule has 1 unspecified atom stereocenters. The highest BCUT2D eigenvalue weighted by Gasteiger charge is 2.20. The van der Waals surface area contributed by atoms with Gasteiger partial charge in [0.1, 0.15) is 0 Å². The van der Waals surface area contributed by atoms with Crippen LogP contribution in [0.4, 0.5) is 0 Å². The molecule has 1 amide bonds. The van der Waals surface area contributed by atoms with E-state index in [1.807, 2.05) is 0 Å². The summed E-state index contributed by atoms with van der Waals surface area (Å²) >= 11 is 0. The molecule has 1 N–H and O–H groups in total. The number of carbonyl (C=O) groups excluding carboxylic acids is 1. The number of rotatable bonds is 1. The van der Waals surface area contributed by atoms with Gasteiger partial charge in [0.25, 0.3) is 0 Å². The van der Waals surface area contributed by atoms with Crippen LogP contribution in [0.5, 0.6) is 0 Å². The second-order valence-electron chi connectivity index (χ2n) is 2.41. The average Bonchev–Trinajstić information content (AvgIpc) is 2.37. The summed E-state index contributed by atoms with van der Waals surface area (Å²) in [4.78, 5) is 10.9. The van der Waals surface area contributed by atoms with Crippen LogP contribution in [0.25, 0.3) is 0 Å². The lowest BCUT2D eigenvalue weighted by atomic mass is 10.1. The summed E-state index contributed by atoms with van der Waals surface area (Å²) in [6.07, 6.45) is 5.30. The van der Waals surface area contributed by atoms with Crippen LogP contribution in [-0.2, 0) is 4.79 Å². The molecular formula is C7H12NO. The molecule has 1 aliphatic carbocycles. The van der Waals surface area contributed by atoms with Gasteiger partial charge in [-0.1, -0.05) is 0 Å². The fraction of sp³-hybridized carbons (Fsp3) is 0.714. The third kappa shape index (κ3) is 1.44. The molecule has 1 fully saturated rings. The molecule has 1 rings (SSSR count). The van der Waals surface area contributed by atoms with E-state index < -0.39 is 0 Å². The van der Waals surface area contributed by atoms with E-state index in [-0.39, 0.29) is 11.8 Å². The normalized spacial score (nSPS) is 20.1. The maximum Gasteiger partial charge on any atom is 0.222 e. The van der Waals surface area contributed by atoms with E-state index in [0.717, 1.165) is 19.3 Å². The molecule has 0 bridgehead atoms. The molecule has 2 heteroatoms. The second-order valence-corrected chi connectivity index (χ2v) is 2.41. The first-order valence-corrected chi connectivity index (χ1v) is 3.38. The third-order valence-electron chi connectivity index (χ3n) is 1.79. The molecule has 0 heterocycles. The van der Waals surface area contributed by atoms with Crippen molar-refractivity contribution in [2.45, 2.75) is 19.3 Å². The molecule has 1 atom stereocenters. The summed E-state index contributed by atoms with van der Waals surface area (Å²) in [5, 5.41) is 2.65. The maximum absolute atomic E-state index is 10.9. The van der Waals surface area contributed by atoms with Crippen molar-refractivity contribution in [1.82, 2.24) is 5.32 Å². The van der Waals surface area contributed by atoms with Crippen molar-refractivity contribution in [2.24, 2.45) is 5.92 Å². The zero-order valence-corrected chi connectivity index (χ0v) is 5.68.